The number of rotatable bonds is 6. The maximum atomic E-state index is 13.0. The summed E-state index contributed by atoms with van der Waals surface area (Å²) >= 11 is 0. The van der Waals surface area contributed by atoms with Gasteiger partial charge in [-0.2, -0.15) is 4.98 Å². The fourth-order valence-corrected chi connectivity index (χ4v) is 3.79. The molecule has 1 amide bonds. The number of piperazine rings is 1. The first-order valence-electron chi connectivity index (χ1n) is 10.7. The standard InChI is InChI=1S/C24H28N4O3/c1-4-30-21-8-6-5-7-20(21)24(29)28-15-13-27(14-16-28)18(3)23-25-22(26-31-23)19-11-9-17(2)10-12-19/h5-12,18H,4,13-16H2,1-3H3. The molecule has 1 aliphatic heterocycles. The van der Waals surface area contributed by atoms with Gasteiger partial charge < -0.3 is 14.2 Å². The molecule has 1 aromatic heterocycles. The molecule has 0 bridgehead atoms. The highest BCUT2D eigenvalue weighted by Crippen LogP contribution is 2.25. The molecule has 0 saturated carbocycles. The van der Waals surface area contributed by atoms with Crippen molar-refractivity contribution >= 4 is 5.91 Å². The number of aromatic nitrogens is 2. The Labute approximate surface area is 182 Å². The van der Waals surface area contributed by atoms with E-state index in [0.29, 0.717) is 42.7 Å². The zero-order valence-corrected chi connectivity index (χ0v) is 18.2. The van der Waals surface area contributed by atoms with Gasteiger partial charge in [-0.15, -0.1) is 0 Å². The summed E-state index contributed by atoms with van der Waals surface area (Å²) in [4.78, 5) is 21.8. The summed E-state index contributed by atoms with van der Waals surface area (Å²) in [5.41, 5.74) is 2.75. The molecule has 0 spiro atoms. The van der Waals surface area contributed by atoms with Crippen molar-refractivity contribution in [2.45, 2.75) is 26.8 Å². The molecule has 1 unspecified atom stereocenters. The van der Waals surface area contributed by atoms with Crippen molar-refractivity contribution in [3.8, 4) is 17.1 Å². The Morgan fingerprint density at radius 3 is 2.52 bits per heavy atom. The van der Waals surface area contributed by atoms with Gasteiger partial charge in [-0.25, -0.2) is 0 Å². The zero-order chi connectivity index (χ0) is 21.8. The number of aryl methyl sites for hydroxylation is 1. The van der Waals surface area contributed by atoms with Crippen molar-refractivity contribution < 1.29 is 14.1 Å². The van der Waals surface area contributed by atoms with Gasteiger partial charge in [-0.05, 0) is 32.9 Å². The van der Waals surface area contributed by atoms with Gasteiger partial charge in [0, 0.05) is 31.7 Å². The van der Waals surface area contributed by atoms with Crippen LogP contribution in [0.3, 0.4) is 0 Å². The second kappa shape index (κ2) is 9.31. The number of para-hydroxylation sites is 1. The third-order valence-corrected chi connectivity index (χ3v) is 5.68. The minimum absolute atomic E-state index is 0.0100. The lowest BCUT2D eigenvalue weighted by atomic mass is 10.1. The summed E-state index contributed by atoms with van der Waals surface area (Å²) < 4.78 is 11.2. The molecule has 7 heteroatoms. The Balaban J connectivity index is 1.39. The summed E-state index contributed by atoms with van der Waals surface area (Å²) in [7, 11) is 0. The number of amides is 1. The van der Waals surface area contributed by atoms with Gasteiger partial charge in [0.15, 0.2) is 0 Å². The molecular weight excluding hydrogens is 392 g/mol. The van der Waals surface area contributed by atoms with Crippen LogP contribution in [0.4, 0.5) is 0 Å². The van der Waals surface area contributed by atoms with Crippen LogP contribution in [-0.2, 0) is 0 Å². The Kier molecular flexibility index (Phi) is 6.32. The number of carbonyl (C=O) groups excluding carboxylic acids is 1. The predicted molar refractivity (Wildman–Crippen MR) is 118 cm³/mol. The van der Waals surface area contributed by atoms with Gasteiger partial charge in [0.2, 0.25) is 11.7 Å². The molecule has 1 fully saturated rings. The highest BCUT2D eigenvalue weighted by atomic mass is 16.5. The van der Waals surface area contributed by atoms with Crippen LogP contribution in [-0.4, -0.2) is 58.6 Å². The highest BCUT2D eigenvalue weighted by molar-refractivity contribution is 5.97. The van der Waals surface area contributed by atoms with Crippen molar-refractivity contribution in [2.75, 3.05) is 32.8 Å². The summed E-state index contributed by atoms with van der Waals surface area (Å²) in [6.45, 7) is 9.33. The molecule has 162 valence electrons. The fraction of sp³-hybridized carbons (Fsp3) is 0.375. The predicted octanol–water partition coefficient (Wildman–Crippen LogP) is 3.96. The fourth-order valence-electron chi connectivity index (χ4n) is 3.79. The van der Waals surface area contributed by atoms with E-state index < -0.39 is 0 Å². The first kappa shape index (κ1) is 21.1. The molecule has 1 saturated heterocycles. The topological polar surface area (TPSA) is 71.7 Å². The molecule has 31 heavy (non-hydrogen) atoms. The largest absolute Gasteiger partial charge is 0.493 e. The van der Waals surface area contributed by atoms with Crippen molar-refractivity contribution in [1.82, 2.24) is 19.9 Å². The minimum atomic E-state index is -0.0142. The Hall–Kier alpha value is -3.19. The Morgan fingerprint density at radius 1 is 1.10 bits per heavy atom. The van der Waals surface area contributed by atoms with E-state index in [1.54, 1.807) is 0 Å². The highest BCUT2D eigenvalue weighted by Gasteiger charge is 2.29. The third-order valence-electron chi connectivity index (χ3n) is 5.68. The molecule has 0 aliphatic carbocycles. The van der Waals surface area contributed by atoms with Crippen LogP contribution in [0.25, 0.3) is 11.4 Å². The maximum absolute atomic E-state index is 13.0. The summed E-state index contributed by atoms with van der Waals surface area (Å²) in [6.07, 6.45) is 0. The lowest BCUT2D eigenvalue weighted by molar-refractivity contribution is 0.0548. The Bertz CT molecular complexity index is 1020. The van der Waals surface area contributed by atoms with E-state index in [1.165, 1.54) is 5.56 Å². The summed E-state index contributed by atoms with van der Waals surface area (Å²) in [5, 5.41) is 4.15. The van der Waals surface area contributed by atoms with E-state index in [0.717, 1.165) is 18.7 Å². The third kappa shape index (κ3) is 4.61. The summed E-state index contributed by atoms with van der Waals surface area (Å²) in [5.74, 6) is 1.84. The van der Waals surface area contributed by atoms with E-state index in [2.05, 4.69) is 22.0 Å². The molecule has 2 heterocycles. The van der Waals surface area contributed by atoms with E-state index in [4.69, 9.17) is 9.26 Å². The van der Waals surface area contributed by atoms with Gasteiger partial charge >= 0.3 is 0 Å². The number of ether oxygens (including phenoxy) is 1. The van der Waals surface area contributed by atoms with Crippen LogP contribution in [0.15, 0.2) is 53.1 Å². The molecule has 1 atom stereocenters. The molecule has 0 N–H and O–H groups in total. The van der Waals surface area contributed by atoms with Gasteiger partial charge in [0.25, 0.3) is 5.91 Å². The van der Waals surface area contributed by atoms with Gasteiger partial charge in [0.1, 0.15) is 5.75 Å². The number of carbonyl (C=O) groups is 1. The van der Waals surface area contributed by atoms with Crippen molar-refractivity contribution in [2.24, 2.45) is 0 Å². The SMILES string of the molecule is CCOc1ccccc1C(=O)N1CCN(C(C)c2nc(-c3ccc(C)cc3)no2)CC1. The van der Waals surface area contributed by atoms with Gasteiger partial charge in [-0.1, -0.05) is 47.1 Å². The van der Waals surface area contributed by atoms with Crippen LogP contribution in [0.1, 0.15) is 41.7 Å². The van der Waals surface area contributed by atoms with E-state index in [9.17, 15) is 4.79 Å². The van der Waals surface area contributed by atoms with Crippen molar-refractivity contribution in [3.05, 3.63) is 65.5 Å². The average molecular weight is 421 g/mol. The number of hydrogen-bond donors (Lipinski definition) is 0. The van der Waals surface area contributed by atoms with Crippen LogP contribution in [0.2, 0.25) is 0 Å². The monoisotopic (exact) mass is 420 g/mol. The van der Waals surface area contributed by atoms with E-state index >= 15 is 0 Å². The van der Waals surface area contributed by atoms with Crippen molar-refractivity contribution in [3.63, 3.8) is 0 Å². The van der Waals surface area contributed by atoms with Crippen LogP contribution >= 0.6 is 0 Å². The molecular formula is C24H28N4O3. The lowest BCUT2D eigenvalue weighted by Gasteiger charge is -2.37. The zero-order valence-electron chi connectivity index (χ0n) is 18.2. The molecule has 7 nitrogen and oxygen atoms in total. The number of hydrogen-bond acceptors (Lipinski definition) is 6. The van der Waals surface area contributed by atoms with E-state index in [1.807, 2.05) is 67.3 Å². The first-order chi connectivity index (χ1) is 15.1. The number of benzene rings is 2. The average Bonchev–Trinajstić information content (AvgIpc) is 3.30. The Morgan fingerprint density at radius 2 is 1.81 bits per heavy atom. The molecule has 1 aliphatic rings. The molecule has 2 aromatic carbocycles. The molecule has 4 rings (SSSR count). The smallest absolute Gasteiger partial charge is 0.257 e. The van der Waals surface area contributed by atoms with Crippen LogP contribution in [0, 0.1) is 6.92 Å². The first-order valence-corrected chi connectivity index (χ1v) is 10.7. The second-order valence-corrected chi connectivity index (χ2v) is 7.76. The normalized spacial score (nSPS) is 15.6. The van der Waals surface area contributed by atoms with E-state index in [-0.39, 0.29) is 11.9 Å². The van der Waals surface area contributed by atoms with Crippen molar-refractivity contribution in [1.29, 1.82) is 0 Å². The minimum Gasteiger partial charge on any atom is -0.493 e. The summed E-state index contributed by atoms with van der Waals surface area (Å²) in [6, 6.07) is 15.5. The lowest BCUT2D eigenvalue weighted by Crippen LogP contribution is -2.49. The number of nitrogens with zero attached hydrogens (tertiary/aromatic N) is 4. The second-order valence-electron chi connectivity index (χ2n) is 7.76. The molecule has 0 radical (unpaired) electrons. The molecule has 3 aromatic rings. The van der Waals surface area contributed by atoms with Crippen LogP contribution < -0.4 is 4.74 Å². The quantitative estimate of drug-likeness (QED) is 0.601. The van der Waals surface area contributed by atoms with Gasteiger partial charge in [-0.3, -0.25) is 9.69 Å². The van der Waals surface area contributed by atoms with Crippen LogP contribution in [0.5, 0.6) is 5.75 Å². The maximum Gasteiger partial charge on any atom is 0.257 e. The van der Waals surface area contributed by atoms with Gasteiger partial charge in [0.05, 0.1) is 18.2 Å².